The number of rotatable bonds is 7. The lowest BCUT2D eigenvalue weighted by Crippen LogP contribution is -2.31. The molecule has 1 atom stereocenters. The summed E-state index contributed by atoms with van der Waals surface area (Å²) in [7, 11) is 0. The summed E-state index contributed by atoms with van der Waals surface area (Å²) in [5.74, 6) is 6.58. The highest BCUT2D eigenvalue weighted by Crippen LogP contribution is 2.29. The van der Waals surface area contributed by atoms with Crippen LogP contribution in [-0.4, -0.2) is 16.4 Å². The summed E-state index contributed by atoms with van der Waals surface area (Å²) in [5.41, 5.74) is 4.66. The second kappa shape index (κ2) is 7.45. The van der Waals surface area contributed by atoms with E-state index in [4.69, 9.17) is 22.2 Å². The molecule has 2 rings (SSSR count). The van der Waals surface area contributed by atoms with E-state index in [-0.39, 0.29) is 6.04 Å². The van der Waals surface area contributed by atoms with E-state index in [1.165, 1.54) is 0 Å². The van der Waals surface area contributed by atoms with Crippen LogP contribution in [0.5, 0.6) is 5.75 Å². The van der Waals surface area contributed by atoms with Crippen molar-refractivity contribution < 1.29 is 4.74 Å². The maximum Gasteiger partial charge on any atom is 0.119 e. The largest absolute Gasteiger partial charge is 0.494 e. The number of aryl methyl sites for hydroxylation is 1. The summed E-state index contributed by atoms with van der Waals surface area (Å²) in [4.78, 5) is 0. The van der Waals surface area contributed by atoms with Gasteiger partial charge in [-0.3, -0.25) is 10.5 Å². The zero-order valence-corrected chi connectivity index (χ0v) is 13.1. The van der Waals surface area contributed by atoms with Crippen molar-refractivity contribution in [1.82, 2.24) is 15.2 Å². The molecule has 0 saturated heterocycles. The van der Waals surface area contributed by atoms with Crippen LogP contribution < -0.4 is 16.0 Å². The molecule has 6 heteroatoms. The molecule has 0 bridgehead atoms. The van der Waals surface area contributed by atoms with Crippen molar-refractivity contribution in [2.75, 3.05) is 6.61 Å². The maximum absolute atomic E-state index is 6.26. The van der Waals surface area contributed by atoms with Gasteiger partial charge in [-0.15, -0.1) is 0 Å². The van der Waals surface area contributed by atoms with Gasteiger partial charge in [0.25, 0.3) is 0 Å². The van der Waals surface area contributed by atoms with Gasteiger partial charge in [0.1, 0.15) is 5.75 Å². The zero-order valence-electron chi connectivity index (χ0n) is 12.3. The summed E-state index contributed by atoms with van der Waals surface area (Å²) in [5, 5.41) is 4.86. The van der Waals surface area contributed by atoms with Gasteiger partial charge in [-0.05, 0) is 31.0 Å². The summed E-state index contributed by atoms with van der Waals surface area (Å²) < 4.78 is 7.51. The Kier molecular flexibility index (Phi) is 5.61. The Balaban J connectivity index is 2.34. The van der Waals surface area contributed by atoms with Gasteiger partial charge in [-0.1, -0.05) is 30.7 Å². The molecule has 0 fully saturated rings. The Morgan fingerprint density at radius 1 is 1.43 bits per heavy atom. The molecule has 1 aromatic heterocycles. The summed E-state index contributed by atoms with van der Waals surface area (Å²) in [6, 6.07) is 7.62. The number of hydrazine groups is 1. The third-order valence-electron chi connectivity index (χ3n) is 3.24. The number of nitrogens with two attached hydrogens (primary N) is 1. The number of ether oxygens (including phenoxy) is 1. The molecule has 3 N–H and O–H groups in total. The Labute approximate surface area is 130 Å². The standard InChI is InChI=1S/C15H21ClN4O/c1-3-8-21-12-7-5-6-11(9-12)14(19-17)15-13(16)10-18-20(15)4-2/h5-7,9-10,14,19H,3-4,8,17H2,1-2H3. The SMILES string of the molecule is CCCOc1cccc(C(NN)c2c(Cl)cnn2CC)c1. The highest BCUT2D eigenvalue weighted by atomic mass is 35.5. The lowest BCUT2D eigenvalue weighted by molar-refractivity contribution is 0.317. The van der Waals surface area contributed by atoms with Crippen molar-refractivity contribution in [3.8, 4) is 5.75 Å². The van der Waals surface area contributed by atoms with Crippen LogP contribution in [0.4, 0.5) is 0 Å². The van der Waals surface area contributed by atoms with E-state index >= 15 is 0 Å². The third kappa shape index (κ3) is 3.56. The Hall–Kier alpha value is -1.56. The molecular formula is C15H21ClN4O. The summed E-state index contributed by atoms with van der Waals surface area (Å²) >= 11 is 6.26. The first kappa shape index (κ1) is 15.8. The smallest absolute Gasteiger partial charge is 0.119 e. The Morgan fingerprint density at radius 3 is 2.90 bits per heavy atom. The van der Waals surface area contributed by atoms with Gasteiger partial charge < -0.3 is 4.74 Å². The fourth-order valence-electron chi connectivity index (χ4n) is 2.25. The molecule has 5 nitrogen and oxygen atoms in total. The monoisotopic (exact) mass is 308 g/mol. The van der Waals surface area contributed by atoms with Crippen LogP contribution in [0.1, 0.15) is 37.6 Å². The predicted molar refractivity (Wildman–Crippen MR) is 84.3 cm³/mol. The quantitative estimate of drug-likeness (QED) is 0.610. The van der Waals surface area contributed by atoms with Crippen LogP contribution in [-0.2, 0) is 6.54 Å². The molecule has 1 heterocycles. The minimum atomic E-state index is -0.231. The molecule has 0 saturated carbocycles. The zero-order chi connectivity index (χ0) is 15.2. The predicted octanol–water partition coefficient (Wildman–Crippen LogP) is 2.90. The van der Waals surface area contributed by atoms with Gasteiger partial charge in [0.05, 0.1) is 29.6 Å². The van der Waals surface area contributed by atoms with E-state index in [0.717, 1.165) is 30.0 Å². The van der Waals surface area contributed by atoms with Crippen LogP contribution >= 0.6 is 11.6 Å². The van der Waals surface area contributed by atoms with E-state index in [1.807, 2.05) is 35.9 Å². The first-order valence-electron chi connectivity index (χ1n) is 7.11. The number of hydrogen-bond donors (Lipinski definition) is 2. The second-order valence-electron chi connectivity index (χ2n) is 4.71. The highest BCUT2D eigenvalue weighted by Gasteiger charge is 2.21. The molecule has 21 heavy (non-hydrogen) atoms. The van der Waals surface area contributed by atoms with Gasteiger partial charge in [-0.25, -0.2) is 5.43 Å². The number of nitrogens with zero attached hydrogens (tertiary/aromatic N) is 2. The second-order valence-corrected chi connectivity index (χ2v) is 5.12. The lowest BCUT2D eigenvalue weighted by atomic mass is 10.0. The summed E-state index contributed by atoms with van der Waals surface area (Å²) in [6.07, 6.45) is 2.61. The maximum atomic E-state index is 6.26. The number of hydrogen-bond acceptors (Lipinski definition) is 4. The molecule has 2 aromatic rings. The van der Waals surface area contributed by atoms with Crippen LogP contribution in [0, 0.1) is 0 Å². The molecule has 0 aliphatic carbocycles. The van der Waals surface area contributed by atoms with Crippen molar-refractivity contribution in [3.05, 3.63) is 46.7 Å². The van der Waals surface area contributed by atoms with Crippen molar-refractivity contribution in [2.45, 2.75) is 32.9 Å². The van der Waals surface area contributed by atoms with Crippen LogP contribution in [0.15, 0.2) is 30.5 Å². The van der Waals surface area contributed by atoms with Crippen LogP contribution in [0.2, 0.25) is 5.02 Å². The Bertz CT molecular complexity index is 585. The lowest BCUT2D eigenvalue weighted by Gasteiger charge is -2.19. The van der Waals surface area contributed by atoms with Gasteiger partial charge >= 0.3 is 0 Å². The van der Waals surface area contributed by atoms with Crippen molar-refractivity contribution in [3.63, 3.8) is 0 Å². The topological polar surface area (TPSA) is 65.1 Å². The number of benzene rings is 1. The number of nitrogens with one attached hydrogen (secondary N) is 1. The number of aromatic nitrogens is 2. The first-order valence-corrected chi connectivity index (χ1v) is 7.49. The van der Waals surface area contributed by atoms with Crippen molar-refractivity contribution >= 4 is 11.6 Å². The molecule has 0 amide bonds. The fraction of sp³-hybridized carbons (Fsp3) is 0.400. The van der Waals surface area contributed by atoms with Crippen LogP contribution in [0.25, 0.3) is 0 Å². The molecule has 0 aliphatic rings. The fourth-order valence-corrected chi connectivity index (χ4v) is 2.50. The van der Waals surface area contributed by atoms with E-state index in [1.54, 1.807) is 6.20 Å². The van der Waals surface area contributed by atoms with E-state index in [2.05, 4.69) is 17.4 Å². The molecule has 0 spiro atoms. The van der Waals surface area contributed by atoms with Gasteiger partial charge in [0.15, 0.2) is 0 Å². The third-order valence-corrected chi connectivity index (χ3v) is 3.53. The minimum Gasteiger partial charge on any atom is -0.494 e. The summed E-state index contributed by atoms with van der Waals surface area (Å²) in [6.45, 7) is 5.51. The molecule has 1 unspecified atom stereocenters. The first-order chi connectivity index (χ1) is 10.2. The molecule has 0 aliphatic heterocycles. The minimum absolute atomic E-state index is 0.231. The molecular weight excluding hydrogens is 288 g/mol. The van der Waals surface area contributed by atoms with E-state index in [0.29, 0.717) is 11.6 Å². The van der Waals surface area contributed by atoms with Gasteiger partial charge in [-0.2, -0.15) is 5.10 Å². The average molecular weight is 309 g/mol. The van der Waals surface area contributed by atoms with Gasteiger partial charge in [0.2, 0.25) is 0 Å². The Morgan fingerprint density at radius 2 is 2.24 bits per heavy atom. The average Bonchev–Trinajstić information content (AvgIpc) is 2.88. The van der Waals surface area contributed by atoms with Crippen molar-refractivity contribution in [1.29, 1.82) is 0 Å². The normalized spacial score (nSPS) is 12.4. The van der Waals surface area contributed by atoms with Gasteiger partial charge in [0, 0.05) is 6.54 Å². The molecule has 0 radical (unpaired) electrons. The van der Waals surface area contributed by atoms with Crippen LogP contribution in [0.3, 0.4) is 0 Å². The molecule has 114 valence electrons. The van der Waals surface area contributed by atoms with Crippen molar-refractivity contribution in [2.24, 2.45) is 5.84 Å². The number of halogens is 1. The van der Waals surface area contributed by atoms with E-state index in [9.17, 15) is 0 Å². The van der Waals surface area contributed by atoms with E-state index < -0.39 is 0 Å². The molecule has 1 aromatic carbocycles. The highest BCUT2D eigenvalue weighted by molar-refractivity contribution is 6.31.